The van der Waals surface area contributed by atoms with Crippen molar-refractivity contribution in [3.05, 3.63) is 34.6 Å². The molecule has 0 spiro atoms. The number of hydrogen-bond acceptors (Lipinski definition) is 6. The second-order valence-corrected chi connectivity index (χ2v) is 7.87. The predicted molar refractivity (Wildman–Crippen MR) is 117 cm³/mol. The third-order valence-electron chi connectivity index (χ3n) is 5.07. The summed E-state index contributed by atoms with van der Waals surface area (Å²) in [7, 11) is 1.33. The van der Waals surface area contributed by atoms with Gasteiger partial charge in [0.15, 0.2) is 0 Å². The molecule has 4 rings (SSSR count). The summed E-state index contributed by atoms with van der Waals surface area (Å²) >= 11 is 3.57. The largest absolute Gasteiger partial charge is 0.453 e. The van der Waals surface area contributed by atoms with Crippen LogP contribution in [0, 0.1) is 6.92 Å². The van der Waals surface area contributed by atoms with Crippen LogP contribution >= 0.6 is 15.9 Å². The van der Waals surface area contributed by atoms with Gasteiger partial charge in [0.2, 0.25) is 5.95 Å². The zero-order valence-corrected chi connectivity index (χ0v) is 17.9. The van der Waals surface area contributed by atoms with E-state index < -0.39 is 6.09 Å². The number of nitrogens with zero attached hydrogens (tertiary/aromatic N) is 2. The van der Waals surface area contributed by atoms with Crippen LogP contribution in [0.1, 0.15) is 18.4 Å². The molecule has 1 aliphatic rings. The van der Waals surface area contributed by atoms with Crippen LogP contribution in [0.3, 0.4) is 0 Å². The summed E-state index contributed by atoms with van der Waals surface area (Å²) in [4.78, 5) is 24.1. The molecule has 9 heteroatoms. The smallest absolute Gasteiger partial charge is 0.411 e. The third-order valence-corrected chi connectivity index (χ3v) is 5.90. The number of halogens is 1. The highest BCUT2D eigenvalue weighted by Gasteiger charge is 2.18. The topological polar surface area (TPSA) is 104 Å². The number of piperidine rings is 1. The fourth-order valence-corrected chi connectivity index (χ4v) is 4.12. The Kier molecular flexibility index (Phi) is 5.68. The molecule has 152 valence electrons. The number of nitrogens with one attached hydrogen (secondary N) is 4. The van der Waals surface area contributed by atoms with E-state index in [1.54, 1.807) is 0 Å². The van der Waals surface area contributed by atoms with Gasteiger partial charge >= 0.3 is 6.09 Å². The van der Waals surface area contributed by atoms with E-state index in [-0.39, 0.29) is 0 Å². The summed E-state index contributed by atoms with van der Waals surface area (Å²) in [5, 5.41) is 10.5. The molecule has 29 heavy (non-hydrogen) atoms. The molecule has 3 heterocycles. The van der Waals surface area contributed by atoms with E-state index in [4.69, 9.17) is 4.98 Å². The molecule has 1 amide bonds. The van der Waals surface area contributed by atoms with Gasteiger partial charge in [-0.3, -0.25) is 5.32 Å². The highest BCUT2D eigenvalue weighted by atomic mass is 79.9. The van der Waals surface area contributed by atoms with Gasteiger partial charge in [0, 0.05) is 35.9 Å². The van der Waals surface area contributed by atoms with Gasteiger partial charge in [-0.1, -0.05) is 6.07 Å². The molecule has 4 N–H and O–H groups in total. The minimum atomic E-state index is -0.517. The Balaban J connectivity index is 1.68. The normalized spacial score (nSPS) is 16.6. The molecule has 8 nitrogen and oxygen atoms in total. The number of carbonyl (C=O) groups is 1. The van der Waals surface area contributed by atoms with Crippen LogP contribution in [0.5, 0.6) is 0 Å². The Morgan fingerprint density at radius 3 is 3.00 bits per heavy atom. The van der Waals surface area contributed by atoms with Crippen molar-refractivity contribution in [1.82, 2.24) is 20.3 Å². The van der Waals surface area contributed by atoms with Gasteiger partial charge in [-0.25, -0.2) is 14.8 Å². The van der Waals surface area contributed by atoms with Gasteiger partial charge < -0.3 is 20.4 Å². The molecular formula is C20H23BrN6O2. The predicted octanol–water partition coefficient (Wildman–Crippen LogP) is 4.04. The van der Waals surface area contributed by atoms with Gasteiger partial charge in [0.05, 0.1) is 28.5 Å². The fourth-order valence-electron chi connectivity index (χ4n) is 3.56. The van der Waals surface area contributed by atoms with Crippen LogP contribution in [0.4, 0.5) is 16.4 Å². The number of rotatable bonds is 4. The number of aromatic nitrogens is 3. The van der Waals surface area contributed by atoms with Crippen LogP contribution in [0.25, 0.3) is 22.2 Å². The zero-order chi connectivity index (χ0) is 20.4. The van der Waals surface area contributed by atoms with E-state index in [2.05, 4.69) is 46.6 Å². The summed E-state index contributed by atoms with van der Waals surface area (Å²) in [6.07, 6.45) is 5.52. The van der Waals surface area contributed by atoms with Crippen molar-refractivity contribution in [3.8, 4) is 11.3 Å². The van der Waals surface area contributed by atoms with Crippen molar-refractivity contribution in [2.45, 2.75) is 25.8 Å². The number of aromatic amines is 1. The summed E-state index contributed by atoms with van der Waals surface area (Å²) in [6, 6.07) is 4.13. The minimum Gasteiger partial charge on any atom is -0.453 e. The molecule has 3 aromatic rings. The average molecular weight is 459 g/mol. The van der Waals surface area contributed by atoms with Crippen molar-refractivity contribution >= 4 is 44.6 Å². The standard InChI is InChI=1S/C20H23BrN6O2/c1-11-8-24-19(25-12-4-3-7-22-9-12)27-17(11)14-10-23-18-13(14)5-6-15(16(18)21)26-20(28)29-2/h5-6,8,10,12,22-23H,3-4,7,9H2,1-2H3,(H,26,28)(H,24,25,27). The van der Waals surface area contributed by atoms with E-state index in [0.29, 0.717) is 17.7 Å². The number of carbonyl (C=O) groups excluding carboxylic acids is 1. The average Bonchev–Trinajstić information content (AvgIpc) is 3.17. The summed E-state index contributed by atoms with van der Waals surface area (Å²) in [5.41, 5.74) is 4.35. The molecule has 1 aromatic carbocycles. The summed E-state index contributed by atoms with van der Waals surface area (Å²) in [5.74, 6) is 0.636. The molecule has 2 aromatic heterocycles. The van der Waals surface area contributed by atoms with Crippen molar-refractivity contribution in [1.29, 1.82) is 0 Å². The number of amides is 1. The van der Waals surface area contributed by atoms with E-state index in [0.717, 1.165) is 58.1 Å². The molecule has 1 atom stereocenters. The molecular weight excluding hydrogens is 436 g/mol. The number of H-pyrrole nitrogens is 1. The maximum atomic E-state index is 11.5. The minimum absolute atomic E-state index is 0.336. The van der Waals surface area contributed by atoms with E-state index in [9.17, 15) is 4.79 Å². The Hall–Kier alpha value is -2.65. The van der Waals surface area contributed by atoms with Gasteiger partial charge in [-0.05, 0) is 53.9 Å². The van der Waals surface area contributed by atoms with Crippen molar-refractivity contribution in [2.24, 2.45) is 0 Å². The lowest BCUT2D eigenvalue weighted by molar-refractivity contribution is 0.187. The molecule has 0 bridgehead atoms. The SMILES string of the molecule is COC(=O)Nc1ccc2c(-c3nc(NC4CCCNC4)ncc3C)c[nH]c2c1Br. The molecule has 0 saturated carbocycles. The number of aryl methyl sites for hydroxylation is 1. The maximum absolute atomic E-state index is 11.5. The van der Waals surface area contributed by atoms with Gasteiger partial charge in [-0.15, -0.1) is 0 Å². The van der Waals surface area contributed by atoms with Crippen molar-refractivity contribution in [2.75, 3.05) is 30.8 Å². The number of benzene rings is 1. The number of hydrogen-bond donors (Lipinski definition) is 4. The highest BCUT2D eigenvalue weighted by Crippen LogP contribution is 2.37. The Morgan fingerprint density at radius 2 is 2.24 bits per heavy atom. The lowest BCUT2D eigenvalue weighted by Gasteiger charge is -2.24. The van der Waals surface area contributed by atoms with Gasteiger partial charge in [0.1, 0.15) is 0 Å². The molecule has 1 aliphatic heterocycles. The number of ether oxygens (including phenoxy) is 1. The van der Waals surface area contributed by atoms with E-state index >= 15 is 0 Å². The number of anilines is 2. The van der Waals surface area contributed by atoms with Gasteiger partial charge in [-0.2, -0.15) is 0 Å². The second-order valence-electron chi connectivity index (χ2n) is 7.08. The van der Waals surface area contributed by atoms with Crippen molar-refractivity contribution in [3.63, 3.8) is 0 Å². The summed E-state index contributed by atoms with van der Waals surface area (Å²) in [6.45, 7) is 3.99. The van der Waals surface area contributed by atoms with Crippen LogP contribution in [0.15, 0.2) is 29.0 Å². The van der Waals surface area contributed by atoms with Gasteiger partial charge in [0.25, 0.3) is 0 Å². The summed E-state index contributed by atoms with van der Waals surface area (Å²) < 4.78 is 5.43. The fraction of sp³-hybridized carbons (Fsp3) is 0.350. The first-order valence-electron chi connectivity index (χ1n) is 9.52. The molecule has 1 unspecified atom stereocenters. The van der Waals surface area contributed by atoms with E-state index in [1.807, 2.05) is 31.5 Å². The molecule has 0 aliphatic carbocycles. The number of fused-ring (bicyclic) bond motifs is 1. The Morgan fingerprint density at radius 1 is 1.38 bits per heavy atom. The monoisotopic (exact) mass is 458 g/mol. The molecule has 1 fully saturated rings. The maximum Gasteiger partial charge on any atom is 0.411 e. The van der Waals surface area contributed by atoms with Crippen LogP contribution < -0.4 is 16.0 Å². The second kappa shape index (κ2) is 8.38. The third kappa shape index (κ3) is 4.06. The van der Waals surface area contributed by atoms with E-state index in [1.165, 1.54) is 7.11 Å². The van der Waals surface area contributed by atoms with Crippen molar-refractivity contribution < 1.29 is 9.53 Å². The van der Waals surface area contributed by atoms with Crippen LogP contribution in [0.2, 0.25) is 0 Å². The van der Waals surface area contributed by atoms with Crippen LogP contribution in [-0.2, 0) is 4.74 Å². The zero-order valence-electron chi connectivity index (χ0n) is 16.3. The molecule has 1 saturated heterocycles. The Bertz CT molecular complexity index is 1040. The first kappa shape index (κ1) is 19.7. The first-order chi connectivity index (χ1) is 14.1. The first-order valence-corrected chi connectivity index (χ1v) is 10.3. The lowest BCUT2D eigenvalue weighted by atomic mass is 10.1. The lowest BCUT2D eigenvalue weighted by Crippen LogP contribution is -2.38. The quantitative estimate of drug-likeness (QED) is 0.470. The molecule has 0 radical (unpaired) electrons. The highest BCUT2D eigenvalue weighted by molar-refractivity contribution is 9.10. The Labute approximate surface area is 177 Å². The number of methoxy groups -OCH3 is 1. The van der Waals surface area contributed by atoms with Crippen LogP contribution in [-0.4, -0.2) is 47.3 Å².